The largest absolute Gasteiger partial charge is 0.382 e. The average molecular weight is 276 g/mol. The normalized spacial score (nSPS) is 17.2. The fraction of sp³-hybridized carbons (Fsp3) is 0.533. The predicted octanol–water partition coefficient (Wildman–Crippen LogP) is 1.40. The molecule has 1 amide bonds. The van der Waals surface area contributed by atoms with Crippen LogP contribution >= 0.6 is 0 Å². The molecule has 20 heavy (non-hydrogen) atoms. The van der Waals surface area contributed by atoms with Crippen LogP contribution in [0.3, 0.4) is 0 Å². The molecule has 0 unspecified atom stereocenters. The summed E-state index contributed by atoms with van der Waals surface area (Å²) in [6.45, 7) is 7.81. The minimum atomic E-state index is -0.0432. The highest BCUT2D eigenvalue weighted by Gasteiger charge is 2.18. The van der Waals surface area contributed by atoms with Crippen molar-refractivity contribution in [2.75, 3.05) is 38.5 Å². The molecule has 1 aromatic carbocycles. The summed E-state index contributed by atoms with van der Waals surface area (Å²) >= 11 is 0. The Morgan fingerprint density at radius 2 is 1.80 bits per heavy atom. The molecule has 2 rings (SSSR count). The van der Waals surface area contributed by atoms with Crippen LogP contribution in [0, 0.1) is 0 Å². The van der Waals surface area contributed by atoms with Gasteiger partial charge in [-0.1, -0.05) is 12.1 Å². The van der Waals surface area contributed by atoms with E-state index in [4.69, 9.17) is 0 Å². The molecule has 5 nitrogen and oxygen atoms in total. The number of amides is 1. The maximum atomic E-state index is 12.4. The van der Waals surface area contributed by atoms with Gasteiger partial charge in [-0.3, -0.25) is 10.2 Å². The molecule has 1 heterocycles. The van der Waals surface area contributed by atoms with Crippen molar-refractivity contribution in [1.29, 1.82) is 0 Å². The van der Waals surface area contributed by atoms with E-state index in [0.29, 0.717) is 11.6 Å². The van der Waals surface area contributed by atoms with Crippen molar-refractivity contribution in [2.24, 2.45) is 0 Å². The number of nitrogens with zero attached hydrogens (tertiary/aromatic N) is 2. The lowest BCUT2D eigenvalue weighted by Crippen LogP contribution is -2.52. The molecule has 1 fully saturated rings. The number of carbonyl (C=O) groups excluding carboxylic acids is 1. The van der Waals surface area contributed by atoms with Gasteiger partial charge in [0.1, 0.15) is 0 Å². The number of hydrazine groups is 1. The third kappa shape index (κ3) is 3.95. The molecule has 5 heteroatoms. The van der Waals surface area contributed by atoms with E-state index in [1.807, 2.05) is 29.3 Å². The smallest absolute Gasteiger partial charge is 0.267 e. The second kappa shape index (κ2) is 6.72. The van der Waals surface area contributed by atoms with Crippen LogP contribution in [0.4, 0.5) is 5.69 Å². The number of piperazine rings is 1. The van der Waals surface area contributed by atoms with Gasteiger partial charge in [-0.2, -0.15) is 0 Å². The molecule has 1 aliphatic heterocycles. The predicted molar refractivity (Wildman–Crippen MR) is 81.7 cm³/mol. The Morgan fingerprint density at radius 3 is 2.45 bits per heavy atom. The third-order valence-electron chi connectivity index (χ3n) is 3.38. The Bertz CT molecular complexity index is 453. The van der Waals surface area contributed by atoms with Gasteiger partial charge in [-0.15, -0.1) is 0 Å². The SMILES string of the molecule is CC(C)Nc1ccccc1C(=O)NN1CCN(C)CC1. The highest BCUT2D eigenvalue weighted by atomic mass is 16.2. The highest BCUT2D eigenvalue weighted by molar-refractivity contribution is 5.99. The van der Waals surface area contributed by atoms with Crippen LogP contribution < -0.4 is 10.7 Å². The van der Waals surface area contributed by atoms with E-state index in [1.165, 1.54) is 0 Å². The summed E-state index contributed by atoms with van der Waals surface area (Å²) in [6, 6.07) is 7.93. The highest BCUT2D eigenvalue weighted by Crippen LogP contribution is 2.16. The number of hydrogen-bond acceptors (Lipinski definition) is 4. The third-order valence-corrected chi connectivity index (χ3v) is 3.38. The average Bonchev–Trinajstić information content (AvgIpc) is 2.41. The van der Waals surface area contributed by atoms with E-state index in [0.717, 1.165) is 31.9 Å². The lowest BCUT2D eigenvalue weighted by atomic mass is 10.1. The zero-order valence-corrected chi connectivity index (χ0v) is 12.5. The molecular formula is C15H24N4O. The molecule has 1 saturated heterocycles. The molecule has 0 radical (unpaired) electrons. The maximum Gasteiger partial charge on any atom is 0.267 e. The first-order valence-corrected chi connectivity index (χ1v) is 7.16. The van der Waals surface area contributed by atoms with Crippen LogP contribution in [0.25, 0.3) is 0 Å². The van der Waals surface area contributed by atoms with E-state index in [1.54, 1.807) is 0 Å². The lowest BCUT2D eigenvalue weighted by Gasteiger charge is -2.32. The van der Waals surface area contributed by atoms with Crippen LogP contribution in [0.15, 0.2) is 24.3 Å². The maximum absolute atomic E-state index is 12.4. The van der Waals surface area contributed by atoms with Crippen LogP contribution in [-0.4, -0.2) is 55.1 Å². The van der Waals surface area contributed by atoms with Gasteiger partial charge in [0.05, 0.1) is 5.56 Å². The van der Waals surface area contributed by atoms with E-state index in [-0.39, 0.29) is 5.91 Å². The van der Waals surface area contributed by atoms with Gasteiger partial charge in [-0.25, -0.2) is 5.01 Å². The van der Waals surface area contributed by atoms with Gasteiger partial charge < -0.3 is 10.2 Å². The van der Waals surface area contributed by atoms with Crippen LogP contribution in [0.1, 0.15) is 24.2 Å². The number of likely N-dealkylation sites (N-methyl/N-ethyl adjacent to an activating group) is 1. The lowest BCUT2D eigenvalue weighted by molar-refractivity contribution is 0.0663. The molecule has 1 aromatic rings. The number of benzene rings is 1. The van der Waals surface area contributed by atoms with Gasteiger partial charge in [0, 0.05) is 37.9 Å². The van der Waals surface area contributed by atoms with Crippen molar-refractivity contribution >= 4 is 11.6 Å². The number of anilines is 1. The van der Waals surface area contributed by atoms with Crippen molar-refractivity contribution in [1.82, 2.24) is 15.3 Å². The number of nitrogens with one attached hydrogen (secondary N) is 2. The second-order valence-electron chi connectivity index (χ2n) is 5.58. The number of rotatable bonds is 4. The van der Waals surface area contributed by atoms with Gasteiger partial charge in [0.15, 0.2) is 0 Å². The van der Waals surface area contributed by atoms with Crippen molar-refractivity contribution < 1.29 is 4.79 Å². The summed E-state index contributed by atoms with van der Waals surface area (Å²) in [5, 5.41) is 5.31. The molecular weight excluding hydrogens is 252 g/mol. The molecule has 0 aromatic heterocycles. The first-order chi connectivity index (χ1) is 9.56. The topological polar surface area (TPSA) is 47.6 Å². The molecule has 110 valence electrons. The number of para-hydroxylation sites is 1. The van der Waals surface area contributed by atoms with E-state index < -0.39 is 0 Å². The van der Waals surface area contributed by atoms with E-state index in [9.17, 15) is 4.79 Å². The van der Waals surface area contributed by atoms with Gasteiger partial charge in [0.25, 0.3) is 5.91 Å². The van der Waals surface area contributed by atoms with Crippen LogP contribution in [0.5, 0.6) is 0 Å². The zero-order valence-electron chi connectivity index (χ0n) is 12.5. The summed E-state index contributed by atoms with van der Waals surface area (Å²) < 4.78 is 0. The van der Waals surface area contributed by atoms with Crippen molar-refractivity contribution in [2.45, 2.75) is 19.9 Å². The fourth-order valence-electron chi connectivity index (χ4n) is 2.24. The first-order valence-electron chi connectivity index (χ1n) is 7.16. The summed E-state index contributed by atoms with van der Waals surface area (Å²) in [4.78, 5) is 14.7. The van der Waals surface area contributed by atoms with Gasteiger partial charge in [0.2, 0.25) is 0 Å². The van der Waals surface area contributed by atoms with E-state index in [2.05, 4.69) is 36.5 Å². The van der Waals surface area contributed by atoms with Gasteiger partial charge in [-0.05, 0) is 33.0 Å². The quantitative estimate of drug-likeness (QED) is 0.873. The Balaban J connectivity index is 2.01. The number of hydrogen-bond donors (Lipinski definition) is 2. The summed E-state index contributed by atoms with van der Waals surface area (Å²) in [5.74, 6) is -0.0432. The summed E-state index contributed by atoms with van der Waals surface area (Å²) in [7, 11) is 2.10. The monoisotopic (exact) mass is 276 g/mol. The molecule has 1 aliphatic rings. The second-order valence-corrected chi connectivity index (χ2v) is 5.58. The summed E-state index contributed by atoms with van der Waals surface area (Å²) in [6.07, 6.45) is 0. The minimum Gasteiger partial charge on any atom is -0.382 e. The molecule has 0 atom stereocenters. The first kappa shape index (κ1) is 14.8. The number of carbonyl (C=O) groups is 1. The minimum absolute atomic E-state index is 0.0432. The van der Waals surface area contributed by atoms with Gasteiger partial charge >= 0.3 is 0 Å². The van der Waals surface area contributed by atoms with Crippen molar-refractivity contribution in [3.8, 4) is 0 Å². The summed E-state index contributed by atoms with van der Waals surface area (Å²) in [5.41, 5.74) is 4.58. The molecule has 0 saturated carbocycles. The Hall–Kier alpha value is -1.59. The Morgan fingerprint density at radius 1 is 1.15 bits per heavy atom. The zero-order chi connectivity index (χ0) is 14.5. The Labute approximate surface area is 120 Å². The fourth-order valence-corrected chi connectivity index (χ4v) is 2.24. The molecule has 0 aliphatic carbocycles. The standard InChI is InChI=1S/C15H24N4O/c1-12(2)16-14-7-5-4-6-13(14)15(20)17-19-10-8-18(3)9-11-19/h4-7,12,16H,8-11H2,1-3H3,(H,17,20). The molecule has 0 bridgehead atoms. The Kier molecular flexibility index (Phi) is 4.98. The molecule has 2 N–H and O–H groups in total. The van der Waals surface area contributed by atoms with Crippen molar-refractivity contribution in [3.05, 3.63) is 29.8 Å². The van der Waals surface area contributed by atoms with E-state index >= 15 is 0 Å². The van der Waals surface area contributed by atoms with Crippen molar-refractivity contribution in [3.63, 3.8) is 0 Å². The molecule has 0 spiro atoms. The van der Waals surface area contributed by atoms with Crippen LogP contribution in [0.2, 0.25) is 0 Å². The van der Waals surface area contributed by atoms with Crippen LogP contribution in [-0.2, 0) is 0 Å².